The van der Waals surface area contributed by atoms with E-state index in [1.165, 1.54) is 0 Å². The molecular formula is C23H37F3O2Sn. The molecule has 2 atom stereocenters. The maximum atomic E-state index is 13.2. The van der Waals surface area contributed by atoms with Crippen molar-refractivity contribution in [3.63, 3.8) is 0 Å². The van der Waals surface area contributed by atoms with Crippen LogP contribution in [0.15, 0.2) is 30.3 Å². The summed E-state index contributed by atoms with van der Waals surface area (Å²) in [5.74, 6) is -2.24. The molecule has 166 valence electrons. The summed E-state index contributed by atoms with van der Waals surface area (Å²) in [5, 5.41) is 0. The molecule has 1 rings (SSSR count). The van der Waals surface area contributed by atoms with Crippen LogP contribution in [0.5, 0.6) is 0 Å². The van der Waals surface area contributed by atoms with Crippen LogP contribution >= 0.6 is 0 Å². The Bertz CT molecular complexity index is 568. The van der Waals surface area contributed by atoms with E-state index in [1.54, 1.807) is 0 Å². The van der Waals surface area contributed by atoms with Gasteiger partial charge in [-0.05, 0) is 0 Å². The fourth-order valence-corrected chi connectivity index (χ4v) is 22.5. The zero-order valence-corrected chi connectivity index (χ0v) is 21.2. The first-order valence-electron chi connectivity index (χ1n) is 11.0. The quantitative estimate of drug-likeness (QED) is 0.197. The molecule has 1 aromatic carbocycles. The molecule has 2 nitrogen and oxygen atoms in total. The number of unbranched alkanes of at least 4 members (excludes halogenated alkanes) is 3. The predicted octanol–water partition coefficient (Wildman–Crippen LogP) is 7.65. The van der Waals surface area contributed by atoms with E-state index in [1.807, 2.05) is 37.3 Å². The fourth-order valence-electron chi connectivity index (χ4n) is 4.26. The van der Waals surface area contributed by atoms with Gasteiger partial charge in [0.25, 0.3) is 0 Å². The molecule has 0 saturated carbocycles. The topological polar surface area (TPSA) is 26.3 Å². The van der Waals surface area contributed by atoms with Crippen LogP contribution in [-0.2, 0) is 9.53 Å². The molecule has 0 N–H and O–H groups in total. The number of rotatable bonds is 13. The number of carbonyl (C=O) groups is 1. The SMILES string of the molecule is CCC[CH2][Sn]([CH2]CCC)([CH2]CCC)[C@H](OC(=O)C(F)(F)F)[C@H](C)c1ccccc1. The third kappa shape index (κ3) is 8.14. The number of alkyl halides is 3. The second kappa shape index (κ2) is 12.9. The number of carbonyl (C=O) groups excluding carboxylic acids is 1. The number of halogens is 3. The summed E-state index contributed by atoms with van der Waals surface area (Å²) in [6.45, 7) is 8.30. The first-order chi connectivity index (χ1) is 13.7. The van der Waals surface area contributed by atoms with Gasteiger partial charge in [0.15, 0.2) is 0 Å². The third-order valence-electron chi connectivity index (χ3n) is 5.93. The van der Waals surface area contributed by atoms with Gasteiger partial charge in [-0.3, -0.25) is 0 Å². The van der Waals surface area contributed by atoms with Crippen molar-refractivity contribution >= 4 is 24.3 Å². The standard InChI is InChI=1S/C11H10F3O2.3C4H9.Sn/c1-8(9-5-3-2-4-6-9)7-16-10(15)11(12,13)14;3*1-3-4-2;/h2-8H,1H3;3*1,3-4H2,2H3;/t8-;;;;/m0..../s1. The minimum atomic E-state index is -4.95. The molecule has 0 aromatic heterocycles. The Hall–Kier alpha value is -0.721. The number of ether oxygens (including phenoxy) is 1. The molecule has 0 saturated heterocycles. The first-order valence-corrected chi connectivity index (χ1v) is 18.7. The molecule has 0 unspecified atom stereocenters. The summed E-state index contributed by atoms with van der Waals surface area (Å²) < 4.78 is 47.3. The summed E-state index contributed by atoms with van der Waals surface area (Å²) in [4.78, 5) is 12.0. The van der Waals surface area contributed by atoms with Crippen molar-refractivity contribution in [2.75, 3.05) is 0 Å². The monoisotopic (exact) mass is 522 g/mol. The molecule has 0 heterocycles. The predicted molar refractivity (Wildman–Crippen MR) is 116 cm³/mol. The van der Waals surface area contributed by atoms with Gasteiger partial charge in [0, 0.05) is 0 Å². The molecule has 0 fully saturated rings. The molecule has 0 aliphatic rings. The van der Waals surface area contributed by atoms with Gasteiger partial charge in [0.2, 0.25) is 0 Å². The first kappa shape index (κ1) is 26.3. The molecule has 1 aromatic rings. The summed E-state index contributed by atoms with van der Waals surface area (Å²) in [7, 11) is 0. The number of hydrogen-bond donors (Lipinski definition) is 0. The average molecular weight is 521 g/mol. The summed E-state index contributed by atoms with van der Waals surface area (Å²) in [5.41, 5.74) is 0.957. The molecule has 0 radical (unpaired) electrons. The summed E-state index contributed by atoms with van der Waals surface area (Å²) in [6, 6.07) is 9.57. The van der Waals surface area contributed by atoms with E-state index in [0.717, 1.165) is 57.4 Å². The third-order valence-corrected chi connectivity index (χ3v) is 22.7. The summed E-state index contributed by atoms with van der Waals surface area (Å²) >= 11 is -3.28. The van der Waals surface area contributed by atoms with Crippen LogP contribution in [0.4, 0.5) is 13.2 Å². The zero-order valence-electron chi connectivity index (χ0n) is 18.4. The molecular weight excluding hydrogens is 484 g/mol. The van der Waals surface area contributed by atoms with E-state index >= 15 is 0 Å². The Morgan fingerprint density at radius 2 is 1.38 bits per heavy atom. The van der Waals surface area contributed by atoms with Gasteiger partial charge in [0.05, 0.1) is 0 Å². The number of esters is 1. The van der Waals surface area contributed by atoms with Gasteiger partial charge in [-0.1, -0.05) is 0 Å². The number of benzene rings is 1. The molecule has 29 heavy (non-hydrogen) atoms. The van der Waals surface area contributed by atoms with Crippen molar-refractivity contribution in [1.29, 1.82) is 0 Å². The van der Waals surface area contributed by atoms with Gasteiger partial charge in [0.1, 0.15) is 0 Å². The van der Waals surface area contributed by atoms with Crippen LogP contribution in [0, 0.1) is 0 Å². The fraction of sp³-hybridized carbons (Fsp3) is 0.696. The van der Waals surface area contributed by atoms with Gasteiger partial charge < -0.3 is 0 Å². The van der Waals surface area contributed by atoms with E-state index in [0.29, 0.717) is 0 Å². The van der Waals surface area contributed by atoms with E-state index in [-0.39, 0.29) is 5.92 Å². The summed E-state index contributed by atoms with van der Waals surface area (Å²) in [6.07, 6.45) is 1.09. The molecule has 0 amide bonds. The normalized spacial score (nSPS) is 14.4. The molecule has 0 spiro atoms. The van der Waals surface area contributed by atoms with Gasteiger partial charge in [-0.15, -0.1) is 0 Å². The Morgan fingerprint density at radius 3 is 1.76 bits per heavy atom. The van der Waals surface area contributed by atoms with Crippen LogP contribution in [-0.4, -0.2) is 34.6 Å². The van der Waals surface area contributed by atoms with Crippen LogP contribution in [0.1, 0.15) is 77.7 Å². The van der Waals surface area contributed by atoms with Crippen molar-refractivity contribution in [3.05, 3.63) is 35.9 Å². The zero-order chi connectivity index (χ0) is 21.9. The van der Waals surface area contributed by atoms with E-state index in [2.05, 4.69) is 20.8 Å². The van der Waals surface area contributed by atoms with E-state index < -0.39 is 34.6 Å². The number of hydrogen-bond acceptors (Lipinski definition) is 2. The molecule has 6 heteroatoms. The van der Waals surface area contributed by atoms with Crippen LogP contribution in [0.25, 0.3) is 0 Å². The second-order valence-electron chi connectivity index (χ2n) is 8.20. The van der Waals surface area contributed by atoms with Crippen molar-refractivity contribution in [3.8, 4) is 0 Å². The Morgan fingerprint density at radius 1 is 0.931 bits per heavy atom. The Labute approximate surface area is 178 Å². The van der Waals surface area contributed by atoms with Crippen LogP contribution in [0.3, 0.4) is 0 Å². The van der Waals surface area contributed by atoms with E-state index in [9.17, 15) is 18.0 Å². The van der Waals surface area contributed by atoms with Crippen molar-refractivity contribution < 1.29 is 22.7 Å². The van der Waals surface area contributed by atoms with Crippen molar-refractivity contribution in [2.45, 2.75) is 95.7 Å². The molecule has 0 aliphatic carbocycles. The Balaban J connectivity index is 3.42. The van der Waals surface area contributed by atoms with Crippen LogP contribution in [0.2, 0.25) is 13.3 Å². The average Bonchev–Trinajstić information content (AvgIpc) is 2.71. The van der Waals surface area contributed by atoms with Gasteiger partial charge in [-0.25, -0.2) is 0 Å². The second-order valence-corrected chi connectivity index (χ2v) is 21.9. The van der Waals surface area contributed by atoms with Gasteiger partial charge in [-0.2, -0.15) is 0 Å². The maximum absolute atomic E-state index is 13.2. The van der Waals surface area contributed by atoms with Crippen LogP contribution < -0.4 is 0 Å². The van der Waals surface area contributed by atoms with Crippen molar-refractivity contribution in [1.82, 2.24) is 0 Å². The minimum absolute atomic E-state index is 0.219. The Kier molecular flexibility index (Phi) is 11.7. The molecule has 0 aliphatic heterocycles. The molecule has 0 bridgehead atoms. The van der Waals surface area contributed by atoms with Gasteiger partial charge >= 0.3 is 179 Å². The van der Waals surface area contributed by atoms with Crippen molar-refractivity contribution in [2.24, 2.45) is 0 Å². The van der Waals surface area contributed by atoms with E-state index in [4.69, 9.17) is 4.74 Å².